The molecule has 2 rings (SSSR count). The molecule has 0 aliphatic heterocycles. The van der Waals surface area contributed by atoms with Crippen molar-refractivity contribution >= 4 is 5.97 Å². The normalized spacial score (nSPS) is 17.1. The molecule has 0 saturated heterocycles. The highest BCUT2D eigenvalue weighted by Crippen LogP contribution is 2.49. The van der Waals surface area contributed by atoms with Crippen molar-refractivity contribution in [2.24, 2.45) is 5.41 Å². The summed E-state index contributed by atoms with van der Waals surface area (Å²) < 4.78 is 5.40. The molecule has 0 bridgehead atoms. The first-order valence-corrected chi connectivity index (χ1v) is 6.69. The minimum Gasteiger partial charge on any atom is -0.496 e. The van der Waals surface area contributed by atoms with E-state index in [2.05, 4.69) is 26.8 Å². The third-order valence-electron chi connectivity index (χ3n) is 3.92. The van der Waals surface area contributed by atoms with E-state index in [1.807, 2.05) is 12.1 Å². The van der Waals surface area contributed by atoms with E-state index in [-0.39, 0.29) is 5.41 Å². The second kappa shape index (κ2) is 4.55. The zero-order chi connectivity index (χ0) is 14.3. The smallest absolute Gasteiger partial charge is 0.309 e. The highest BCUT2D eigenvalue weighted by molar-refractivity contribution is 5.78. The highest BCUT2D eigenvalue weighted by Gasteiger charge is 2.50. The van der Waals surface area contributed by atoms with Gasteiger partial charge in [0.25, 0.3) is 0 Å². The van der Waals surface area contributed by atoms with E-state index in [9.17, 15) is 9.90 Å². The third kappa shape index (κ3) is 2.75. The number of rotatable bonds is 4. The Kier molecular flexibility index (Phi) is 3.33. The lowest BCUT2D eigenvalue weighted by Crippen LogP contribution is -2.18. The number of ether oxygens (including phenoxy) is 1. The maximum absolute atomic E-state index is 11.3. The summed E-state index contributed by atoms with van der Waals surface area (Å²) in [6.07, 6.45) is 2.20. The number of hydrogen-bond donors (Lipinski definition) is 1. The van der Waals surface area contributed by atoms with E-state index in [0.717, 1.165) is 29.7 Å². The molecule has 19 heavy (non-hydrogen) atoms. The Morgan fingerprint density at radius 1 is 1.37 bits per heavy atom. The van der Waals surface area contributed by atoms with Crippen molar-refractivity contribution in [3.63, 3.8) is 0 Å². The van der Waals surface area contributed by atoms with Crippen LogP contribution >= 0.6 is 0 Å². The Morgan fingerprint density at radius 2 is 2.00 bits per heavy atom. The van der Waals surface area contributed by atoms with Crippen LogP contribution in [0.5, 0.6) is 5.75 Å². The van der Waals surface area contributed by atoms with Gasteiger partial charge in [0.05, 0.1) is 12.5 Å². The number of benzene rings is 1. The average Bonchev–Trinajstić information content (AvgIpc) is 3.09. The molecule has 0 atom stereocenters. The second-order valence-corrected chi connectivity index (χ2v) is 6.55. The molecule has 0 aromatic heterocycles. The van der Waals surface area contributed by atoms with Crippen LogP contribution in [-0.2, 0) is 16.6 Å². The van der Waals surface area contributed by atoms with Crippen molar-refractivity contribution < 1.29 is 14.6 Å². The van der Waals surface area contributed by atoms with Crippen LogP contribution in [0.3, 0.4) is 0 Å². The molecule has 0 heterocycles. The van der Waals surface area contributed by atoms with Crippen LogP contribution in [0, 0.1) is 5.41 Å². The van der Waals surface area contributed by atoms with Crippen LogP contribution in [0.25, 0.3) is 0 Å². The topological polar surface area (TPSA) is 46.5 Å². The number of methoxy groups -OCH3 is 1. The predicted molar refractivity (Wildman–Crippen MR) is 74.7 cm³/mol. The van der Waals surface area contributed by atoms with Crippen molar-refractivity contribution in [2.45, 2.75) is 45.4 Å². The van der Waals surface area contributed by atoms with Gasteiger partial charge in [-0.15, -0.1) is 0 Å². The van der Waals surface area contributed by atoms with E-state index in [0.29, 0.717) is 6.42 Å². The zero-order valence-electron chi connectivity index (χ0n) is 12.1. The molecule has 0 unspecified atom stereocenters. The number of carboxylic acids is 1. The van der Waals surface area contributed by atoms with Crippen molar-refractivity contribution in [2.75, 3.05) is 7.11 Å². The van der Waals surface area contributed by atoms with Crippen LogP contribution in [-0.4, -0.2) is 18.2 Å². The van der Waals surface area contributed by atoms with Gasteiger partial charge in [0.1, 0.15) is 5.75 Å². The minimum absolute atomic E-state index is 0.0126. The third-order valence-corrected chi connectivity index (χ3v) is 3.92. The summed E-state index contributed by atoms with van der Waals surface area (Å²) in [5.41, 5.74) is 1.70. The Hall–Kier alpha value is -1.51. The number of carbonyl (C=O) groups is 1. The standard InChI is InChI=1S/C16H22O3/c1-15(2,3)12-9-11(5-6-13(12)19-4)10-16(7-8-16)14(17)18/h5-6,9H,7-8,10H2,1-4H3,(H,17,18). The summed E-state index contributed by atoms with van der Waals surface area (Å²) >= 11 is 0. The lowest BCUT2D eigenvalue weighted by Gasteiger charge is -2.23. The van der Waals surface area contributed by atoms with Gasteiger partial charge < -0.3 is 9.84 Å². The SMILES string of the molecule is COc1ccc(CC2(C(=O)O)CC2)cc1C(C)(C)C. The Balaban J connectivity index is 2.31. The number of carboxylic acid groups (broad SMARTS) is 1. The van der Waals surface area contributed by atoms with Gasteiger partial charge in [-0.05, 0) is 41.9 Å². The molecule has 3 nitrogen and oxygen atoms in total. The predicted octanol–water partition coefficient (Wildman–Crippen LogP) is 3.40. The molecule has 0 amide bonds. The first-order chi connectivity index (χ1) is 8.78. The maximum atomic E-state index is 11.3. The van der Waals surface area contributed by atoms with Gasteiger partial charge in [-0.3, -0.25) is 4.79 Å². The number of hydrogen-bond acceptors (Lipinski definition) is 2. The molecule has 1 aliphatic carbocycles. The fraction of sp³-hybridized carbons (Fsp3) is 0.562. The van der Waals surface area contributed by atoms with Crippen LogP contribution < -0.4 is 4.74 Å². The Morgan fingerprint density at radius 3 is 2.42 bits per heavy atom. The lowest BCUT2D eigenvalue weighted by atomic mass is 9.84. The van der Waals surface area contributed by atoms with Crippen molar-refractivity contribution in [1.82, 2.24) is 0 Å². The van der Waals surface area contributed by atoms with Crippen molar-refractivity contribution in [1.29, 1.82) is 0 Å². The first-order valence-electron chi connectivity index (χ1n) is 6.69. The lowest BCUT2D eigenvalue weighted by molar-refractivity contribution is -0.143. The summed E-state index contributed by atoms with van der Waals surface area (Å²) in [6, 6.07) is 6.03. The fourth-order valence-electron chi connectivity index (χ4n) is 2.46. The van der Waals surface area contributed by atoms with E-state index in [4.69, 9.17) is 4.74 Å². The van der Waals surface area contributed by atoms with E-state index in [1.54, 1.807) is 7.11 Å². The van der Waals surface area contributed by atoms with Gasteiger partial charge in [0.2, 0.25) is 0 Å². The van der Waals surface area contributed by atoms with Crippen molar-refractivity contribution in [3.8, 4) is 5.75 Å². The highest BCUT2D eigenvalue weighted by atomic mass is 16.5. The van der Waals surface area contributed by atoms with Crippen molar-refractivity contribution in [3.05, 3.63) is 29.3 Å². The zero-order valence-corrected chi connectivity index (χ0v) is 12.1. The van der Waals surface area contributed by atoms with Crippen LogP contribution in [0.1, 0.15) is 44.7 Å². The molecule has 1 saturated carbocycles. The van der Waals surface area contributed by atoms with Gasteiger partial charge in [0, 0.05) is 0 Å². The van der Waals surface area contributed by atoms with E-state index in [1.165, 1.54) is 0 Å². The molecule has 0 spiro atoms. The summed E-state index contributed by atoms with van der Waals surface area (Å²) in [4.78, 5) is 11.3. The van der Waals surface area contributed by atoms with Gasteiger partial charge >= 0.3 is 5.97 Å². The Labute approximate surface area is 114 Å². The van der Waals surface area contributed by atoms with Crippen LogP contribution in [0.2, 0.25) is 0 Å². The van der Waals surface area contributed by atoms with Gasteiger partial charge in [-0.25, -0.2) is 0 Å². The molecule has 1 aromatic carbocycles. The molecule has 104 valence electrons. The summed E-state index contributed by atoms with van der Waals surface area (Å²) in [6.45, 7) is 6.41. The van der Waals surface area contributed by atoms with Gasteiger partial charge in [-0.1, -0.05) is 32.9 Å². The second-order valence-electron chi connectivity index (χ2n) is 6.55. The van der Waals surface area contributed by atoms with E-state index >= 15 is 0 Å². The van der Waals surface area contributed by atoms with Crippen LogP contribution in [0.4, 0.5) is 0 Å². The molecule has 1 aliphatic rings. The molecule has 1 fully saturated rings. The largest absolute Gasteiger partial charge is 0.496 e. The summed E-state index contributed by atoms with van der Waals surface area (Å²) in [5.74, 6) is 0.206. The number of aliphatic carboxylic acids is 1. The molecular formula is C16H22O3. The Bertz CT molecular complexity index is 493. The average molecular weight is 262 g/mol. The minimum atomic E-state index is -0.666. The van der Waals surface area contributed by atoms with E-state index < -0.39 is 11.4 Å². The van der Waals surface area contributed by atoms with Crippen LogP contribution in [0.15, 0.2) is 18.2 Å². The summed E-state index contributed by atoms with van der Waals surface area (Å²) in [7, 11) is 1.67. The first kappa shape index (κ1) is 13.9. The molecule has 3 heteroatoms. The van der Waals surface area contributed by atoms with Gasteiger partial charge in [-0.2, -0.15) is 0 Å². The summed E-state index contributed by atoms with van der Waals surface area (Å²) in [5, 5.41) is 9.27. The fourth-order valence-corrected chi connectivity index (χ4v) is 2.46. The monoisotopic (exact) mass is 262 g/mol. The molecule has 1 N–H and O–H groups in total. The maximum Gasteiger partial charge on any atom is 0.309 e. The van der Waals surface area contributed by atoms with Gasteiger partial charge in [0.15, 0.2) is 0 Å². The molecule has 0 radical (unpaired) electrons. The molecule has 1 aromatic rings. The molecular weight excluding hydrogens is 240 g/mol. The quantitative estimate of drug-likeness (QED) is 0.904.